The number of hydrogen-bond acceptors (Lipinski definition) is 1. The van der Waals surface area contributed by atoms with E-state index in [1.54, 1.807) is 0 Å². The zero-order chi connectivity index (χ0) is 11.8. The highest BCUT2D eigenvalue weighted by atomic mass is 79.9. The predicted octanol–water partition coefficient (Wildman–Crippen LogP) is 4.45. The molecule has 17 heavy (non-hydrogen) atoms. The maximum Gasteiger partial charge on any atom is 0.181 e. The van der Waals surface area contributed by atoms with E-state index in [9.17, 15) is 0 Å². The number of nitrogens with zero attached hydrogens (tertiary/aromatic N) is 1. The van der Waals surface area contributed by atoms with Crippen molar-refractivity contribution in [2.45, 2.75) is 0 Å². The van der Waals surface area contributed by atoms with Gasteiger partial charge in [0.2, 0.25) is 0 Å². The summed E-state index contributed by atoms with van der Waals surface area (Å²) >= 11 is 8.69. The molecular weight excluding hydrogens is 296 g/mol. The van der Waals surface area contributed by atoms with Gasteiger partial charge in [-0.2, -0.15) is 0 Å². The topological polar surface area (TPSA) is 20.7 Å². The molecule has 3 aromatic rings. The zero-order valence-corrected chi connectivity index (χ0v) is 11.3. The minimum atomic E-state index is 0.710. The molecule has 0 atom stereocenters. The average molecular weight is 305 g/mol. The van der Waals surface area contributed by atoms with E-state index in [-0.39, 0.29) is 0 Å². The highest BCUT2D eigenvalue weighted by Gasteiger charge is 2.00. The molecule has 0 amide bonds. The molecule has 0 saturated carbocycles. The average Bonchev–Trinajstić information content (AvgIpc) is 2.75. The van der Waals surface area contributed by atoms with E-state index in [0.29, 0.717) is 4.77 Å². The number of hydrogen-bond donors (Lipinski definition) is 1. The molecule has 0 radical (unpaired) electrons. The van der Waals surface area contributed by atoms with Crippen molar-refractivity contribution in [1.29, 1.82) is 0 Å². The van der Waals surface area contributed by atoms with Crippen molar-refractivity contribution < 1.29 is 0 Å². The molecule has 0 aliphatic heterocycles. The molecule has 0 fully saturated rings. The van der Waals surface area contributed by atoms with Crippen LogP contribution in [-0.4, -0.2) is 9.55 Å². The van der Waals surface area contributed by atoms with E-state index in [0.717, 1.165) is 10.2 Å². The van der Waals surface area contributed by atoms with E-state index < -0.39 is 0 Å². The number of imidazole rings is 1. The van der Waals surface area contributed by atoms with Gasteiger partial charge < -0.3 is 4.98 Å². The van der Waals surface area contributed by atoms with Crippen molar-refractivity contribution in [2.75, 3.05) is 0 Å². The summed E-state index contributed by atoms with van der Waals surface area (Å²) in [5.74, 6) is 0. The van der Waals surface area contributed by atoms with Crippen LogP contribution in [-0.2, 0) is 0 Å². The summed E-state index contributed by atoms with van der Waals surface area (Å²) in [6.07, 6.45) is 3.77. The molecule has 84 valence electrons. The number of aromatic nitrogens is 2. The van der Waals surface area contributed by atoms with E-state index in [1.807, 2.05) is 23.0 Å². The third-order valence-corrected chi connectivity index (χ3v) is 3.52. The lowest BCUT2D eigenvalue weighted by Crippen LogP contribution is -1.91. The molecule has 3 rings (SSSR count). The van der Waals surface area contributed by atoms with Crippen molar-refractivity contribution in [3.63, 3.8) is 0 Å². The first kappa shape index (κ1) is 10.7. The normalized spacial score (nSPS) is 10.9. The number of H-pyrrole nitrogens is 1. The molecule has 0 unspecified atom stereocenters. The molecule has 0 bridgehead atoms. The van der Waals surface area contributed by atoms with Gasteiger partial charge >= 0.3 is 0 Å². The summed E-state index contributed by atoms with van der Waals surface area (Å²) in [5, 5.41) is 2.42. The number of halogens is 1. The second-order valence-corrected chi connectivity index (χ2v) is 5.11. The standard InChI is InChI=1S/C13H9BrN2S/c14-11-3-1-10-8-12(4-2-9(10)7-11)16-6-5-15-13(16)17/h1-8H,(H,15,17). The summed E-state index contributed by atoms with van der Waals surface area (Å²) in [4.78, 5) is 2.99. The van der Waals surface area contributed by atoms with Gasteiger partial charge in [-0.3, -0.25) is 4.57 Å². The summed E-state index contributed by atoms with van der Waals surface area (Å²) < 4.78 is 3.76. The molecule has 0 aliphatic carbocycles. The number of nitrogens with one attached hydrogen (secondary N) is 1. The van der Waals surface area contributed by atoms with Crippen LogP contribution in [0.2, 0.25) is 0 Å². The van der Waals surface area contributed by atoms with Crippen LogP contribution in [0.4, 0.5) is 0 Å². The van der Waals surface area contributed by atoms with Gasteiger partial charge in [0, 0.05) is 22.6 Å². The lowest BCUT2D eigenvalue weighted by molar-refractivity contribution is 1.03. The van der Waals surface area contributed by atoms with Gasteiger partial charge in [0.05, 0.1) is 0 Å². The number of fused-ring (bicyclic) bond motifs is 1. The fraction of sp³-hybridized carbons (Fsp3) is 0. The molecular formula is C13H9BrN2S. The molecule has 1 N–H and O–H groups in total. The van der Waals surface area contributed by atoms with Crippen LogP contribution in [0.25, 0.3) is 16.5 Å². The van der Waals surface area contributed by atoms with E-state index in [1.165, 1.54) is 10.8 Å². The summed E-state index contributed by atoms with van der Waals surface area (Å²) in [7, 11) is 0. The number of benzene rings is 2. The van der Waals surface area contributed by atoms with Crippen LogP contribution in [0.1, 0.15) is 0 Å². The molecule has 0 saturated heterocycles. The summed E-state index contributed by atoms with van der Waals surface area (Å²) in [5.41, 5.74) is 1.08. The Labute approximate surface area is 112 Å². The Balaban J connectivity index is 2.24. The predicted molar refractivity (Wildman–Crippen MR) is 76.2 cm³/mol. The highest BCUT2D eigenvalue weighted by Crippen LogP contribution is 2.22. The zero-order valence-electron chi connectivity index (χ0n) is 8.85. The Kier molecular flexibility index (Phi) is 2.61. The molecule has 1 heterocycles. The first-order valence-electron chi connectivity index (χ1n) is 5.20. The summed E-state index contributed by atoms with van der Waals surface area (Å²) in [6, 6.07) is 12.5. The van der Waals surface area contributed by atoms with Gasteiger partial charge in [0.1, 0.15) is 0 Å². The van der Waals surface area contributed by atoms with E-state index in [4.69, 9.17) is 12.2 Å². The van der Waals surface area contributed by atoms with Crippen LogP contribution < -0.4 is 0 Å². The highest BCUT2D eigenvalue weighted by molar-refractivity contribution is 9.10. The second kappa shape index (κ2) is 4.13. The first-order chi connectivity index (χ1) is 8.24. The third kappa shape index (κ3) is 1.94. The molecule has 2 nitrogen and oxygen atoms in total. The summed E-state index contributed by atoms with van der Waals surface area (Å²) in [6.45, 7) is 0. The Morgan fingerprint density at radius 1 is 1.06 bits per heavy atom. The van der Waals surface area contributed by atoms with Crippen molar-refractivity contribution >= 4 is 38.9 Å². The van der Waals surface area contributed by atoms with Gasteiger partial charge in [-0.25, -0.2) is 0 Å². The monoisotopic (exact) mass is 304 g/mol. The quantitative estimate of drug-likeness (QED) is 0.659. The third-order valence-electron chi connectivity index (χ3n) is 2.71. The van der Waals surface area contributed by atoms with E-state index in [2.05, 4.69) is 51.2 Å². The van der Waals surface area contributed by atoms with Gasteiger partial charge in [0.15, 0.2) is 4.77 Å². The Bertz CT molecular complexity index is 742. The molecule has 1 aromatic heterocycles. The Morgan fingerprint density at radius 2 is 1.82 bits per heavy atom. The minimum Gasteiger partial charge on any atom is -0.337 e. The minimum absolute atomic E-state index is 0.710. The molecule has 0 spiro atoms. The smallest absolute Gasteiger partial charge is 0.181 e. The second-order valence-electron chi connectivity index (χ2n) is 3.81. The fourth-order valence-corrected chi connectivity index (χ4v) is 2.49. The lowest BCUT2D eigenvalue weighted by atomic mass is 10.1. The van der Waals surface area contributed by atoms with Crippen molar-refractivity contribution in [3.8, 4) is 5.69 Å². The fourth-order valence-electron chi connectivity index (χ4n) is 1.88. The van der Waals surface area contributed by atoms with Crippen LogP contribution in [0.3, 0.4) is 0 Å². The molecule has 0 aliphatic rings. The molecule has 2 aromatic carbocycles. The number of aromatic amines is 1. The maximum absolute atomic E-state index is 5.21. The maximum atomic E-state index is 5.21. The molecule has 4 heteroatoms. The van der Waals surface area contributed by atoms with Crippen molar-refractivity contribution in [2.24, 2.45) is 0 Å². The van der Waals surface area contributed by atoms with Crippen LogP contribution in [0.5, 0.6) is 0 Å². The van der Waals surface area contributed by atoms with Gasteiger partial charge in [-0.15, -0.1) is 0 Å². The SMILES string of the molecule is S=c1[nH]ccn1-c1ccc2cc(Br)ccc2c1. The van der Waals surface area contributed by atoms with Crippen molar-refractivity contribution in [1.82, 2.24) is 9.55 Å². The van der Waals surface area contributed by atoms with Crippen molar-refractivity contribution in [3.05, 3.63) is 58.0 Å². The first-order valence-corrected chi connectivity index (χ1v) is 6.40. The largest absolute Gasteiger partial charge is 0.337 e. The number of rotatable bonds is 1. The van der Waals surface area contributed by atoms with Gasteiger partial charge in [-0.05, 0) is 47.3 Å². The van der Waals surface area contributed by atoms with Crippen LogP contribution >= 0.6 is 28.1 Å². The Hall–Kier alpha value is -1.39. The lowest BCUT2D eigenvalue weighted by Gasteiger charge is -2.05. The van der Waals surface area contributed by atoms with Crippen LogP contribution in [0.15, 0.2) is 53.3 Å². The van der Waals surface area contributed by atoms with E-state index >= 15 is 0 Å². The van der Waals surface area contributed by atoms with Gasteiger partial charge in [-0.1, -0.05) is 28.1 Å². The van der Waals surface area contributed by atoms with Gasteiger partial charge in [0.25, 0.3) is 0 Å². The van der Waals surface area contributed by atoms with Crippen LogP contribution in [0, 0.1) is 4.77 Å². The Morgan fingerprint density at radius 3 is 2.59 bits per heavy atom.